The Bertz CT molecular complexity index is 548. The van der Waals surface area contributed by atoms with Crippen LogP contribution < -0.4 is 11.0 Å². The van der Waals surface area contributed by atoms with E-state index in [-0.39, 0.29) is 12.3 Å². The maximum atomic E-state index is 11.7. The van der Waals surface area contributed by atoms with Crippen molar-refractivity contribution >= 4 is 11.0 Å². The first-order valence-electron chi connectivity index (χ1n) is 4.56. The van der Waals surface area contributed by atoms with E-state index in [1.165, 1.54) is 4.68 Å². The summed E-state index contributed by atoms with van der Waals surface area (Å²) in [4.78, 5) is 15.8. The topological polar surface area (TPSA) is 67.2 Å². The fourth-order valence-corrected chi connectivity index (χ4v) is 1.49. The van der Waals surface area contributed by atoms with Crippen LogP contribution in [0, 0.1) is 6.92 Å². The number of hydrogen-bond acceptors (Lipinski definition) is 4. The minimum atomic E-state index is -0.310. The van der Waals surface area contributed by atoms with Crippen molar-refractivity contribution in [2.24, 2.45) is 0 Å². The predicted octanol–water partition coefficient (Wildman–Crippen LogP) is 0.198. The third kappa shape index (κ3) is 1.57. The number of rotatable bonds is 2. The van der Waals surface area contributed by atoms with Crippen molar-refractivity contribution in [2.45, 2.75) is 6.92 Å². The Kier molecular flexibility index (Phi) is 2.39. The first-order valence-corrected chi connectivity index (χ1v) is 4.56. The van der Waals surface area contributed by atoms with Crippen molar-refractivity contribution in [1.29, 1.82) is 0 Å². The van der Waals surface area contributed by atoms with E-state index in [2.05, 4.69) is 10.4 Å². The maximum Gasteiger partial charge on any atom is 0.273 e. The highest BCUT2D eigenvalue weighted by atomic mass is 16.3. The standard InChI is InChI=1S/C10H11N3O2/c1-7-5-8-3-2-4-11-9(8)13(10(7)15)12-6-14/h2-5,12,14H,6H2,1H3. The molecule has 78 valence electrons. The van der Waals surface area contributed by atoms with Crippen molar-refractivity contribution < 1.29 is 5.11 Å². The van der Waals surface area contributed by atoms with Crippen LogP contribution in [0.25, 0.3) is 11.0 Å². The summed E-state index contributed by atoms with van der Waals surface area (Å²) >= 11 is 0. The molecule has 0 saturated heterocycles. The number of aliphatic hydroxyl groups is 1. The van der Waals surface area contributed by atoms with Crippen LogP contribution in [-0.2, 0) is 0 Å². The average Bonchev–Trinajstić information content (AvgIpc) is 2.25. The van der Waals surface area contributed by atoms with Gasteiger partial charge in [-0.1, -0.05) is 0 Å². The van der Waals surface area contributed by atoms with Gasteiger partial charge >= 0.3 is 0 Å². The predicted molar refractivity (Wildman–Crippen MR) is 57.2 cm³/mol. The fraction of sp³-hybridized carbons (Fsp3) is 0.200. The number of fused-ring (bicyclic) bond motifs is 1. The van der Waals surface area contributed by atoms with E-state index >= 15 is 0 Å². The first-order chi connectivity index (χ1) is 7.24. The van der Waals surface area contributed by atoms with Gasteiger partial charge in [-0.05, 0) is 25.1 Å². The van der Waals surface area contributed by atoms with Gasteiger partial charge in [-0.2, -0.15) is 0 Å². The Morgan fingerprint density at radius 3 is 3.13 bits per heavy atom. The van der Waals surface area contributed by atoms with Crippen LogP contribution in [0.2, 0.25) is 0 Å². The van der Waals surface area contributed by atoms with Crippen LogP contribution >= 0.6 is 0 Å². The second-order valence-corrected chi connectivity index (χ2v) is 3.20. The molecule has 0 bridgehead atoms. The van der Waals surface area contributed by atoms with Crippen LogP contribution in [0.4, 0.5) is 0 Å². The van der Waals surface area contributed by atoms with Crippen molar-refractivity contribution in [3.05, 3.63) is 40.3 Å². The van der Waals surface area contributed by atoms with Gasteiger partial charge in [0.1, 0.15) is 6.73 Å². The molecule has 0 saturated carbocycles. The molecule has 0 atom stereocenters. The largest absolute Gasteiger partial charge is 0.375 e. The van der Waals surface area contributed by atoms with Gasteiger partial charge in [0.2, 0.25) is 0 Å². The summed E-state index contributed by atoms with van der Waals surface area (Å²) in [6.07, 6.45) is 1.60. The lowest BCUT2D eigenvalue weighted by Crippen LogP contribution is -2.31. The summed E-state index contributed by atoms with van der Waals surface area (Å²) < 4.78 is 1.25. The molecule has 2 N–H and O–H groups in total. The minimum Gasteiger partial charge on any atom is -0.375 e. The first kappa shape index (κ1) is 9.67. The molecule has 0 aliphatic rings. The number of pyridine rings is 2. The second kappa shape index (κ2) is 3.70. The van der Waals surface area contributed by atoms with Gasteiger partial charge < -0.3 is 5.11 Å². The molecule has 15 heavy (non-hydrogen) atoms. The molecule has 0 aromatic carbocycles. The highest BCUT2D eigenvalue weighted by molar-refractivity contribution is 5.75. The summed E-state index contributed by atoms with van der Waals surface area (Å²) in [5.41, 5.74) is 3.48. The van der Waals surface area contributed by atoms with Crippen molar-refractivity contribution in [2.75, 3.05) is 12.2 Å². The van der Waals surface area contributed by atoms with E-state index < -0.39 is 0 Å². The summed E-state index contributed by atoms with van der Waals surface area (Å²) in [7, 11) is 0. The summed E-state index contributed by atoms with van der Waals surface area (Å²) in [5, 5.41) is 9.65. The molecule has 0 unspecified atom stereocenters. The van der Waals surface area contributed by atoms with Crippen molar-refractivity contribution in [3.8, 4) is 0 Å². The number of aryl methyl sites for hydroxylation is 1. The van der Waals surface area contributed by atoms with Gasteiger partial charge in [-0.15, -0.1) is 0 Å². The fourth-order valence-electron chi connectivity index (χ4n) is 1.49. The third-order valence-electron chi connectivity index (χ3n) is 2.17. The molecule has 0 radical (unpaired) electrons. The van der Waals surface area contributed by atoms with Gasteiger partial charge in [-0.25, -0.2) is 9.66 Å². The Hall–Kier alpha value is -1.88. The smallest absolute Gasteiger partial charge is 0.273 e. The normalized spacial score (nSPS) is 10.5. The van der Waals surface area contributed by atoms with Crippen molar-refractivity contribution in [1.82, 2.24) is 9.66 Å². The summed E-state index contributed by atoms with van der Waals surface area (Å²) in [6, 6.07) is 5.44. The zero-order valence-electron chi connectivity index (χ0n) is 8.27. The molecule has 2 heterocycles. The molecule has 5 nitrogen and oxygen atoms in total. The van der Waals surface area contributed by atoms with Gasteiger partial charge in [0.15, 0.2) is 5.65 Å². The zero-order valence-corrected chi connectivity index (χ0v) is 8.27. The van der Waals surface area contributed by atoms with E-state index in [1.54, 1.807) is 25.3 Å². The molecule has 0 spiro atoms. The Morgan fingerprint density at radius 1 is 1.60 bits per heavy atom. The lowest BCUT2D eigenvalue weighted by atomic mass is 10.2. The molecule has 2 rings (SSSR count). The second-order valence-electron chi connectivity index (χ2n) is 3.20. The number of hydrogen-bond donors (Lipinski definition) is 2. The van der Waals surface area contributed by atoms with Crippen LogP contribution in [0.3, 0.4) is 0 Å². The van der Waals surface area contributed by atoms with E-state index in [9.17, 15) is 4.79 Å². The monoisotopic (exact) mass is 205 g/mol. The number of nitrogens with zero attached hydrogens (tertiary/aromatic N) is 2. The average molecular weight is 205 g/mol. The molecular weight excluding hydrogens is 194 g/mol. The lowest BCUT2D eigenvalue weighted by molar-refractivity contribution is 0.309. The SMILES string of the molecule is Cc1cc2cccnc2n(NCO)c1=O. The van der Waals surface area contributed by atoms with Gasteiger partial charge in [0.25, 0.3) is 5.56 Å². The molecular formula is C10H11N3O2. The number of aromatic nitrogens is 2. The molecule has 5 heteroatoms. The van der Waals surface area contributed by atoms with E-state index in [1.807, 2.05) is 6.07 Å². The molecule has 0 amide bonds. The van der Waals surface area contributed by atoms with Crippen LogP contribution in [0.15, 0.2) is 29.2 Å². The molecule has 2 aromatic heterocycles. The van der Waals surface area contributed by atoms with Gasteiger partial charge in [-0.3, -0.25) is 10.2 Å². The Labute approximate surface area is 86.0 Å². The van der Waals surface area contributed by atoms with Gasteiger partial charge in [0.05, 0.1) is 0 Å². The number of aliphatic hydroxyl groups excluding tert-OH is 1. The molecule has 0 fully saturated rings. The third-order valence-corrected chi connectivity index (χ3v) is 2.17. The zero-order chi connectivity index (χ0) is 10.8. The molecule has 0 aliphatic carbocycles. The maximum absolute atomic E-state index is 11.7. The van der Waals surface area contributed by atoms with Crippen LogP contribution in [0.5, 0.6) is 0 Å². The lowest BCUT2D eigenvalue weighted by Gasteiger charge is -2.10. The number of nitrogens with one attached hydrogen (secondary N) is 1. The summed E-state index contributed by atoms with van der Waals surface area (Å²) in [5.74, 6) is 0. The highest BCUT2D eigenvalue weighted by Gasteiger charge is 2.05. The summed E-state index contributed by atoms with van der Waals surface area (Å²) in [6.45, 7) is 1.42. The van der Waals surface area contributed by atoms with Crippen LogP contribution in [0.1, 0.15) is 5.56 Å². The minimum absolute atomic E-state index is 0.199. The van der Waals surface area contributed by atoms with E-state index in [0.29, 0.717) is 11.2 Å². The Morgan fingerprint density at radius 2 is 2.40 bits per heavy atom. The van der Waals surface area contributed by atoms with Crippen molar-refractivity contribution in [3.63, 3.8) is 0 Å². The molecule has 0 aliphatic heterocycles. The van der Waals surface area contributed by atoms with Crippen LogP contribution in [-0.4, -0.2) is 21.5 Å². The van der Waals surface area contributed by atoms with Gasteiger partial charge in [0, 0.05) is 17.1 Å². The highest BCUT2D eigenvalue weighted by Crippen LogP contribution is 2.08. The molecule has 2 aromatic rings. The Balaban J connectivity index is 2.83. The van der Waals surface area contributed by atoms with E-state index in [4.69, 9.17) is 5.11 Å². The quantitative estimate of drug-likeness (QED) is 0.687. The van der Waals surface area contributed by atoms with E-state index in [0.717, 1.165) is 5.39 Å².